The van der Waals surface area contributed by atoms with Crippen LogP contribution in [-0.4, -0.2) is 29.7 Å². The zero-order valence-corrected chi connectivity index (χ0v) is 8.89. The van der Waals surface area contributed by atoms with E-state index in [4.69, 9.17) is 9.90 Å². The van der Waals surface area contributed by atoms with Gasteiger partial charge in [0, 0.05) is 19.3 Å². The van der Waals surface area contributed by atoms with E-state index in [2.05, 4.69) is 22.9 Å². The second-order valence-electron chi connectivity index (χ2n) is 3.41. The van der Waals surface area contributed by atoms with Crippen molar-refractivity contribution in [2.45, 2.75) is 19.8 Å². The van der Waals surface area contributed by atoms with Gasteiger partial charge >= 0.3 is 0 Å². The molecule has 0 aromatic carbocycles. The second-order valence-corrected chi connectivity index (χ2v) is 3.41. The number of nitrogens with zero attached hydrogens (tertiary/aromatic N) is 2. The van der Waals surface area contributed by atoms with Crippen LogP contribution in [0, 0.1) is 6.92 Å². The maximum absolute atomic E-state index is 8.36. The Balaban J connectivity index is 0.000000337. The lowest BCUT2D eigenvalue weighted by atomic mass is 10.3. The Kier molecular flexibility index (Phi) is 4.60. The molecule has 15 heavy (non-hydrogen) atoms. The molecule has 1 aromatic heterocycles. The van der Waals surface area contributed by atoms with E-state index in [1.165, 1.54) is 31.6 Å². The first kappa shape index (κ1) is 11.5. The summed E-state index contributed by atoms with van der Waals surface area (Å²) >= 11 is 0. The molecule has 0 atom stereocenters. The van der Waals surface area contributed by atoms with Gasteiger partial charge < -0.3 is 10.0 Å². The average Bonchev–Trinajstić information content (AvgIpc) is 2.72. The smallest absolute Gasteiger partial charge is 0.290 e. The Morgan fingerprint density at radius 2 is 2.07 bits per heavy atom. The highest BCUT2D eigenvalue weighted by Crippen LogP contribution is 2.21. The molecule has 1 fully saturated rings. The Labute approximate surface area is 89.6 Å². The Morgan fingerprint density at radius 1 is 1.47 bits per heavy atom. The second kappa shape index (κ2) is 6.01. The Hall–Kier alpha value is -1.58. The van der Waals surface area contributed by atoms with Gasteiger partial charge in [0.25, 0.3) is 6.47 Å². The molecule has 0 radical (unpaired) electrons. The summed E-state index contributed by atoms with van der Waals surface area (Å²) in [6.45, 7) is 4.23. The van der Waals surface area contributed by atoms with E-state index in [-0.39, 0.29) is 6.47 Å². The van der Waals surface area contributed by atoms with Crippen molar-refractivity contribution in [1.29, 1.82) is 0 Å². The molecule has 0 aliphatic carbocycles. The van der Waals surface area contributed by atoms with E-state index < -0.39 is 0 Å². The number of rotatable bonds is 1. The van der Waals surface area contributed by atoms with E-state index in [1.807, 2.05) is 12.3 Å². The zero-order chi connectivity index (χ0) is 11.1. The molecule has 4 nitrogen and oxygen atoms in total. The van der Waals surface area contributed by atoms with Gasteiger partial charge in [-0.25, -0.2) is 0 Å². The summed E-state index contributed by atoms with van der Waals surface area (Å²) in [7, 11) is 0. The molecule has 1 saturated heterocycles. The van der Waals surface area contributed by atoms with Crippen LogP contribution < -0.4 is 4.90 Å². The van der Waals surface area contributed by atoms with Crippen molar-refractivity contribution in [3.05, 3.63) is 24.0 Å². The molecule has 0 amide bonds. The van der Waals surface area contributed by atoms with Gasteiger partial charge in [0.1, 0.15) is 0 Å². The van der Waals surface area contributed by atoms with Crippen LogP contribution in [0.25, 0.3) is 0 Å². The third-order valence-corrected chi connectivity index (χ3v) is 2.43. The number of hydrogen-bond acceptors (Lipinski definition) is 3. The van der Waals surface area contributed by atoms with Crippen LogP contribution >= 0.6 is 0 Å². The minimum absolute atomic E-state index is 0.250. The van der Waals surface area contributed by atoms with Gasteiger partial charge in [0.15, 0.2) is 0 Å². The molecule has 0 bridgehead atoms. The fourth-order valence-electron chi connectivity index (χ4n) is 1.77. The van der Waals surface area contributed by atoms with Crippen LogP contribution in [-0.2, 0) is 4.79 Å². The molecule has 1 N–H and O–H groups in total. The monoisotopic (exact) mass is 208 g/mol. The Bertz CT molecular complexity index is 309. The van der Waals surface area contributed by atoms with Crippen molar-refractivity contribution in [3.8, 4) is 0 Å². The molecule has 4 heteroatoms. The average molecular weight is 208 g/mol. The summed E-state index contributed by atoms with van der Waals surface area (Å²) in [5, 5.41) is 6.89. The molecule has 2 heterocycles. The van der Waals surface area contributed by atoms with Gasteiger partial charge in [-0.05, 0) is 31.9 Å². The normalized spacial score (nSPS) is 14.3. The first-order valence-corrected chi connectivity index (χ1v) is 5.04. The van der Waals surface area contributed by atoms with Gasteiger partial charge in [-0.1, -0.05) is 0 Å². The molecule has 2 rings (SSSR count). The van der Waals surface area contributed by atoms with Gasteiger partial charge in [-0.2, -0.15) is 0 Å². The number of aryl methyl sites for hydroxylation is 1. The molecular weight excluding hydrogens is 192 g/mol. The van der Waals surface area contributed by atoms with Crippen LogP contribution in [0.4, 0.5) is 5.69 Å². The summed E-state index contributed by atoms with van der Waals surface area (Å²) in [6, 6.07) is 4.17. The third-order valence-electron chi connectivity index (χ3n) is 2.43. The first-order valence-electron chi connectivity index (χ1n) is 5.04. The van der Waals surface area contributed by atoms with Crippen molar-refractivity contribution in [2.75, 3.05) is 18.0 Å². The largest absolute Gasteiger partial charge is 0.483 e. The number of carboxylic acid groups (broad SMARTS) is 1. The maximum Gasteiger partial charge on any atom is 0.290 e. The van der Waals surface area contributed by atoms with Crippen LogP contribution in [0.2, 0.25) is 0 Å². The molecule has 1 aliphatic heterocycles. The topological polar surface area (TPSA) is 53.4 Å². The molecule has 1 aromatic rings. The predicted molar refractivity (Wildman–Crippen MR) is 59.1 cm³/mol. The van der Waals surface area contributed by atoms with Crippen LogP contribution in [0.5, 0.6) is 0 Å². The van der Waals surface area contributed by atoms with Gasteiger partial charge in [-0.15, -0.1) is 0 Å². The Morgan fingerprint density at radius 3 is 2.60 bits per heavy atom. The minimum atomic E-state index is -0.250. The van der Waals surface area contributed by atoms with E-state index in [0.717, 1.165) is 5.69 Å². The van der Waals surface area contributed by atoms with Crippen molar-refractivity contribution in [1.82, 2.24) is 4.98 Å². The van der Waals surface area contributed by atoms with E-state index in [9.17, 15) is 0 Å². The number of carbonyl (C=O) groups is 1. The van der Waals surface area contributed by atoms with Crippen molar-refractivity contribution >= 4 is 12.2 Å². The quantitative estimate of drug-likeness (QED) is 0.713. The highest BCUT2D eigenvalue weighted by Gasteiger charge is 2.13. The zero-order valence-electron chi connectivity index (χ0n) is 8.89. The van der Waals surface area contributed by atoms with Gasteiger partial charge in [0.2, 0.25) is 0 Å². The molecule has 0 spiro atoms. The number of hydrogen-bond donors (Lipinski definition) is 1. The van der Waals surface area contributed by atoms with E-state index in [0.29, 0.717) is 0 Å². The molecule has 1 aliphatic rings. The number of anilines is 1. The summed E-state index contributed by atoms with van der Waals surface area (Å²) < 4.78 is 0. The molecular formula is C11H16N2O2. The summed E-state index contributed by atoms with van der Waals surface area (Å²) in [4.78, 5) is 15.1. The highest BCUT2D eigenvalue weighted by atomic mass is 16.3. The summed E-state index contributed by atoms with van der Waals surface area (Å²) in [5.74, 6) is 0. The third kappa shape index (κ3) is 3.23. The molecule has 0 unspecified atom stereocenters. The summed E-state index contributed by atoms with van der Waals surface area (Å²) in [6.07, 6.45) is 4.51. The maximum atomic E-state index is 8.36. The lowest BCUT2D eigenvalue weighted by Gasteiger charge is -2.18. The fourth-order valence-corrected chi connectivity index (χ4v) is 1.77. The fraction of sp³-hybridized carbons (Fsp3) is 0.455. The summed E-state index contributed by atoms with van der Waals surface area (Å²) in [5.41, 5.74) is 2.47. The van der Waals surface area contributed by atoms with Gasteiger partial charge in [-0.3, -0.25) is 9.78 Å². The number of pyridine rings is 1. The highest BCUT2D eigenvalue weighted by molar-refractivity contribution is 5.50. The number of aromatic nitrogens is 1. The van der Waals surface area contributed by atoms with Crippen LogP contribution in [0.3, 0.4) is 0 Å². The lowest BCUT2D eigenvalue weighted by Crippen LogP contribution is -2.18. The van der Waals surface area contributed by atoms with Crippen molar-refractivity contribution < 1.29 is 9.90 Å². The van der Waals surface area contributed by atoms with E-state index >= 15 is 0 Å². The minimum Gasteiger partial charge on any atom is -0.483 e. The lowest BCUT2D eigenvalue weighted by molar-refractivity contribution is -0.122. The van der Waals surface area contributed by atoms with Crippen LogP contribution in [0.15, 0.2) is 18.3 Å². The van der Waals surface area contributed by atoms with Crippen LogP contribution in [0.1, 0.15) is 18.5 Å². The van der Waals surface area contributed by atoms with Gasteiger partial charge in [0.05, 0.1) is 11.4 Å². The molecule has 82 valence electrons. The SMILES string of the molecule is Cc1ncccc1N1CCCC1.O=CO. The van der Waals surface area contributed by atoms with Crippen molar-refractivity contribution in [3.63, 3.8) is 0 Å². The standard InChI is InChI=1S/C10H14N2.CH2O2/c1-9-10(5-4-6-11-9)12-7-2-3-8-12;2-1-3/h4-6H,2-3,7-8H2,1H3;1H,(H,2,3). The predicted octanol–water partition coefficient (Wildman–Crippen LogP) is 1.69. The molecule has 0 saturated carbocycles. The first-order chi connectivity index (χ1) is 7.29. The van der Waals surface area contributed by atoms with Crippen molar-refractivity contribution in [2.24, 2.45) is 0 Å². The van der Waals surface area contributed by atoms with E-state index in [1.54, 1.807) is 0 Å².